The zero-order valence-corrected chi connectivity index (χ0v) is 37.6. The van der Waals surface area contributed by atoms with Crippen LogP contribution in [0.15, 0.2) is 109 Å². The molecule has 2 atom stereocenters. The van der Waals surface area contributed by atoms with Gasteiger partial charge >= 0.3 is 19.8 Å². The lowest BCUT2D eigenvalue weighted by atomic mass is 10.1. The van der Waals surface area contributed by atoms with E-state index in [1.807, 2.05) is 33.3 Å². The van der Waals surface area contributed by atoms with Crippen LogP contribution in [0.4, 0.5) is 0 Å². The van der Waals surface area contributed by atoms with Gasteiger partial charge in [0, 0.05) is 12.8 Å². The van der Waals surface area contributed by atoms with Gasteiger partial charge in [-0.2, -0.15) is 0 Å². The fraction of sp³-hybridized carbons (Fsp3) is 0.583. The van der Waals surface area contributed by atoms with Gasteiger partial charge in [0.15, 0.2) is 6.10 Å². The molecular formula is C48H79NO8P+. The van der Waals surface area contributed by atoms with E-state index in [0.717, 1.165) is 70.6 Å². The number of phosphoric ester groups is 1. The number of hydrogen-bond acceptors (Lipinski definition) is 7. The number of esters is 2. The molecular weight excluding hydrogens is 750 g/mol. The molecule has 0 heterocycles. The third kappa shape index (κ3) is 42.3. The normalized spacial score (nSPS) is 14.7. The summed E-state index contributed by atoms with van der Waals surface area (Å²) in [5, 5.41) is 0. The maximum atomic E-state index is 12.7. The van der Waals surface area contributed by atoms with Crippen molar-refractivity contribution >= 4 is 19.8 Å². The molecule has 0 rings (SSSR count). The summed E-state index contributed by atoms with van der Waals surface area (Å²) in [5.74, 6) is -0.955. The molecule has 0 saturated heterocycles. The molecule has 0 amide bonds. The quantitative estimate of drug-likeness (QED) is 0.0217. The summed E-state index contributed by atoms with van der Waals surface area (Å²) >= 11 is 0. The lowest BCUT2D eigenvalue weighted by Gasteiger charge is -2.24. The number of nitrogens with zero attached hydrogens (tertiary/aromatic N) is 1. The Labute approximate surface area is 353 Å². The van der Waals surface area contributed by atoms with Gasteiger partial charge in [0.2, 0.25) is 0 Å². The summed E-state index contributed by atoms with van der Waals surface area (Å²) in [4.78, 5) is 35.3. The molecule has 0 saturated carbocycles. The van der Waals surface area contributed by atoms with Crippen LogP contribution < -0.4 is 0 Å². The smallest absolute Gasteiger partial charge is 0.462 e. The number of unbranched alkanes of at least 4 members (excludes halogenated alkanes) is 5. The van der Waals surface area contributed by atoms with E-state index in [0.29, 0.717) is 23.9 Å². The van der Waals surface area contributed by atoms with Gasteiger partial charge in [-0.1, -0.05) is 136 Å². The summed E-state index contributed by atoms with van der Waals surface area (Å²) in [6.07, 6.45) is 53.0. The molecule has 0 aliphatic carbocycles. The Morgan fingerprint density at radius 1 is 0.552 bits per heavy atom. The highest BCUT2D eigenvalue weighted by molar-refractivity contribution is 7.47. The van der Waals surface area contributed by atoms with Crippen LogP contribution in [0.5, 0.6) is 0 Å². The molecule has 0 aromatic carbocycles. The van der Waals surface area contributed by atoms with Crippen molar-refractivity contribution in [2.45, 2.75) is 136 Å². The molecule has 0 bridgehead atoms. The Balaban J connectivity index is 4.58. The van der Waals surface area contributed by atoms with E-state index in [4.69, 9.17) is 18.5 Å². The number of rotatable bonds is 37. The van der Waals surface area contributed by atoms with Crippen LogP contribution in [-0.4, -0.2) is 74.9 Å². The number of carbonyl (C=O) groups excluding carboxylic acids is 2. The number of hydrogen-bond donors (Lipinski definition) is 1. The summed E-state index contributed by atoms with van der Waals surface area (Å²) in [6.45, 7) is 4.11. The summed E-state index contributed by atoms with van der Waals surface area (Å²) in [6, 6.07) is 0. The SMILES string of the molecule is CC/C=C\C/C=C\C/C=C\C/C=C\C/C=C\C/C=C\CCC(=O)OC[C@H](COP(=O)(O)OCC[N+](C)(C)C)OC(=O)CCCC/C=C\C/C=C\C/C=C\CCCCC. The largest absolute Gasteiger partial charge is 0.472 e. The molecule has 0 aromatic heterocycles. The molecule has 58 heavy (non-hydrogen) atoms. The van der Waals surface area contributed by atoms with E-state index in [2.05, 4.69) is 111 Å². The average molecular weight is 829 g/mol. The van der Waals surface area contributed by atoms with Gasteiger partial charge in [0.25, 0.3) is 0 Å². The van der Waals surface area contributed by atoms with Crippen LogP contribution in [-0.2, 0) is 32.7 Å². The molecule has 0 fully saturated rings. The Morgan fingerprint density at radius 2 is 1.00 bits per heavy atom. The van der Waals surface area contributed by atoms with Gasteiger partial charge < -0.3 is 18.9 Å². The van der Waals surface area contributed by atoms with Crippen LogP contribution in [0.2, 0.25) is 0 Å². The van der Waals surface area contributed by atoms with E-state index in [-0.39, 0.29) is 26.1 Å². The minimum absolute atomic E-state index is 0.00653. The van der Waals surface area contributed by atoms with Crippen molar-refractivity contribution < 1.29 is 42.1 Å². The Hall–Kier alpha value is -3.33. The Morgan fingerprint density at radius 3 is 1.47 bits per heavy atom. The number of allylic oxidation sites excluding steroid dienone is 18. The minimum atomic E-state index is -4.41. The van der Waals surface area contributed by atoms with Crippen LogP contribution in [0.3, 0.4) is 0 Å². The van der Waals surface area contributed by atoms with Gasteiger partial charge in [-0.25, -0.2) is 4.57 Å². The fourth-order valence-electron chi connectivity index (χ4n) is 4.93. The van der Waals surface area contributed by atoms with Crippen molar-refractivity contribution in [3.8, 4) is 0 Å². The second-order valence-corrected chi connectivity index (χ2v) is 16.4. The second kappa shape index (κ2) is 39.1. The number of carbonyl (C=O) groups is 2. The van der Waals surface area contributed by atoms with E-state index in [1.165, 1.54) is 19.3 Å². The highest BCUT2D eigenvalue weighted by atomic mass is 31.2. The van der Waals surface area contributed by atoms with Crippen LogP contribution in [0.1, 0.15) is 129 Å². The van der Waals surface area contributed by atoms with Gasteiger partial charge in [0.1, 0.15) is 19.8 Å². The molecule has 1 N–H and O–H groups in total. The van der Waals surface area contributed by atoms with Crippen molar-refractivity contribution in [3.05, 3.63) is 109 Å². The van der Waals surface area contributed by atoms with Crippen molar-refractivity contribution in [3.63, 3.8) is 0 Å². The standard InChI is InChI=1S/C48H78NO8P/c1-6-8-10-12-14-16-18-20-22-23-24-25-27-28-30-32-34-36-38-40-47(50)54-44-46(45-56-58(52,53)55-43-42-49(3,4)5)57-48(51)41-39-37-35-33-31-29-26-21-19-17-15-13-11-9-7-2/h8,10,14-17,20-22,24-26,28,30-31,33-34,36,46H,6-7,9,11-13,18-19,23,27,29,32,35,37-45H2,1-5H3/p+1/b10-8-,16-14-,17-15-,22-20-,25-24-,26-21-,30-28-,33-31-,36-34-/t46-/m1/s1. The molecule has 1 unspecified atom stereocenters. The second-order valence-electron chi connectivity index (χ2n) is 15.0. The number of ether oxygens (including phenoxy) is 2. The zero-order valence-electron chi connectivity index (χ0n) is 36.7. The first-order chi connectivity index (χ1) is 28.0. The Kier molecular flexibility index (Phi) is 36.9. The average Bonchev–Trinajstić information content (AvgIpc) is 3.17. The molecule has 9 nitrogen and oxygen atoms in total. The van der Waals surface area contributed by atoms with Gasteiger partial charge in [-0.15, -0.1) is 0 Å². The first-order valence-electron chi connectivity index (χ1n) is 21.6. The van der Waals surface area contributed by atoms with Crippen LogP contribution >= 0.6 is 7.82 Å². The van der Waals surface area contributed by atoms with Gasteiger partial charge in [-0.05, 0) is 89.9 Å². The zero-order chi connectivity index (χ0) is 42.8. The van der Waals surface area contributed by atoms with Gasteiger partial charge in [-0.3, -0.25) is 18.6 Å². The molecule has 0 aliphatic heterocycles. The lowest BCUT2D eigenvalue weighted by Crippen LogP contribution is -2.37. The highest BCUT2D eigenvalue weighted by Crippen LogP contribution is 2.43. The lowest BCUT2D eigenvalue weighted by molar-refractivity contribution is -0.870. The third-order valence-electron chi connectivity index (χ3n) is 8.30. The molecule has 0 radical (unpaired) electrons. The van der Waals surface area contributed by atoms with Crippen molar-refractivity contribution in [2.75, 3.05) is 47.5 Å². The first kappa shape index (κ1) is 54.7. The topological polar surface area (TPSA) is 108 Å². The first-order valence-corrected chi connectivity index (χ1v) is 23.1. The monoisotopic (exact) mass is 829 g/mol. The van der Waals surface area contributed by atoms with Crippen molar-refractivity contribution in [1.29, 1.82) is 0 Å². The number of likely N-dealkylation sites (N-methyl/N-ethyl adjacent to an activating group) is 1. The van der Waals surface area contributed by atoms with Crippen molar-refractivity contribution in [1.82, 2.24) is 0 Å². The predicted octanol–water partition coefficient (Wildman–Crippen LogP) is 12.3. The minimum Gasteiger partial charge on any atom is -0.462 e. The van der Waals surface area contributed by atoms with E-state index in [9.17, 15) is 19.0 Å². The van der Waals surface area contributed by atoms with Crippen molar-refractivity contribution in [2.24, 2.45) is 0 Å². The molecule has 0 aliphatic rings. The summed E-state index contributed by atoms with van der Waals surface area (Å²) in [7, 11) is 1.39. The third-order valence-corrected chi connectivity index (χ3v) is 9.28. The van der Waals surface area contributed by atoms with Crippen LogP contribution in [0.25, 0.3) is 0 Å². The van der Waals surface area contributed by atoms with E-state index < -0.39 is 32.5 Å². The van der Waals surface area contributed by atoms with Gasteiger partial charge in [0.05, 0.1) is 27.7 Å². The molecule has 0 spiro atoms. The Bertz CT molecular complexity index is 1350. The predicted molar refractivity (Wildman–Crippen MR) is 242 cm³/mol. The molecule has 0 aromatic rings. The molecule has 10 heteroatoms. The number of quaternary nitrogens is 1. The fourth-order valence-corrected chi connectivity index (χ4v) is 5.67. The van der Waals surface area contributed by atoms with Crippen LogP contribution in [0, 0.1) is 0 Å². The van der Waals surface area contributed by atoms with E-state index in [1.54, 1.807) is 0 Å². The van der Waals surface area contributed by atoms with E-state index >= 15 is 0 Å². The summed E-state index contributed by atoms with van der Waals surface area (Å²) < 4.78 is 34.1. The highest BCUT2D eigenvalue weighted by Gasteiger charge is 2.27. The maximum Gasteiger partial charge on any atom is 0.472 e. The maximum absolute atomic E-state index is 12.7. The number of phosphoric acid groups is 1. The summed E-state index contributed by atoms with van der Waals surface area (Å²) in [5.41, 5.74) is 0. The molecule has 328 valence electrons.